The molecule has 14 heavy (non-hydrogen) atoms. The highest BCUT2D eigenvalue weighted by Gasteiger charge is 2.10. The van der Waals surface area contributed by atoms with Crippen LogP contribution in [0.2, 0.25) is 0 Å². The Labute approximate surface area is 91.0 Å². The Bertz CT molecular complexity index is 354. The largest absolute Gasteiger partial charge is 0.368 e. The van der Waals surface area contributed by atoms with Crippen molar-refractivity contribution in [2.75, 3.05) is 5.32 Å². The number of primary amides is 1. The summed E-state index contributed by atoms with van der Waals surface area (Å²) in [6.45, 7) is 3.63. The summed E-state index contributed by atoms with van der Waals surface area (Å²) in [4.78, 5) is 14.9. The Balaban J connectivity index is 2.82. The summed E-state index contributed by atoms with van der Waals surface area (Å²) < 4.78 is 0.825. The third kappa shape index (κ3) is 2.70. The molecule has 0 aliphatic heterocycles. The molecule has 1 atom stereocenters. The number of carbonyl (C=O) groups is 1. The maximum absolute atomic E-state index is 10.8. The van der Waals surface area contributed by atoms with Gasteiger partial charge in [0.2, 0.25) is 5.91 Å². The lowest BCUT2D eigenvalue weighted by molar-refractivity contribution is -0.118. The van der Waals surface area contributed by atoms with Crippen LogP contribution in [0.15, 0.2) is 16.7 Å². The molecule has 1 unspecified atom stereocenters. The molecule has 4 nitrogen and oxygen atoms in total. The fourth-order valence-corrected chi connectivity index (χ4v) is 1.49. The standard InChI is InChI=1S/C9H12BrN3O/c1-5-3-7(10)9(12-4-5)13-6(2)8(11)14/h3-4,6H,1-2H3,(H2,11,14)(H,12,13). The van der Waals surface area contributed by atoms with Crippen LogP contribution in [0.1, 0.15) is 12.5 Å². The van der Waals surface area contributed by atoms with Gasteiger partial charge in [-0.3, -0.25) is 4.79 Å². The van der Waals surface area contributed by atoms with Gasteiger partial charge in [0.15, 0.2) is 0 Å². The van der Waals surface area contributed by atoms with Crippen LogP contribution in [-0.4, -0.2) is 16.9 Å². The SMILES string of the molecule is Cc1cnc(NC(C)C(N)=O)c(Br)c1. The van der Waals surface area contributed by atoms with E-state index in [-0.39, 0.29) is 0 Å². The van der Waals surface area contributed by atoms with E-state index < -0.39 is 11.9 Å². The first-order valence-corrected chi connectivity index (χ1v) is 4.98. The fraction of sp³-hybridized carbons (Fsp3) is 0.333. The van der Waals surface area contributed by atoms with Gasteiger partial charge in [0.05, 0.1) is 4.47 Å². The van der Waals surface area contributed by atoms with Gasteiger partial charge in [0, 0.05) is 6.20 Å². The van der Waals surface area contributed by atoms with Crippen molar-refractivity contribution in [3.63, 3.8) is 0 Å². The summed E-state index contributed by atoms with van der Waals surface area (Å²) in [5, 5.41) is 2.90. The highest BCUT2D eigenvalue weighted by molar-refractivity contribution is 9.10. The van der Waals surface area contributed by atoms with Crippen LogP contribution < -0.4 is 11.1 Å². The van der Waals surface area contributed by atoms with Crippen LogP contribution in [-0.2, 0) is 4.79 Å². The third-order valence-electron chi connectivity index (χ3n) is 1.76. The number of hydrogen-bond donors (Lipinski definition) is 2. The summed E-state index contributed by atoms with van der Waals surface area (Å²) in [6, 6.07) is 1.49. The molecule has 0 bridgehead atoms. The number of aryl methyl sites for hydroxylation is 1. The van der Waals surface area contributed by atoms with Gasteiger partial charge in [-0.2, -0.15) is 0 Å². The van der Waals surface area contributed by atoms with E-state index in [9.17, 15) is 4.79 Å². The molecule has 0 saturated heterocycles. The van der Waals surface area contributed by atoms with Crippen molar-refractivity contribution in [3.8, 4) is 0 Å². The van der Waals surface area contributed by atoms with Crippen molar-refractivity contribution in [1.29, 1.82) is 0 Å². The van der Waals surface area contributed by atoms with Crippen LogP contribution in [0.25, 0.3) is 0 Å². The second kappa shape index (κ2) is 4.41. The van der Waals surface area contributed by atoms with E-state index in [1.807, 2.05) is 13.0 Å². The van der Waals surface area contributed by atoms with Gasteiger partial charge >= 0.3 is 0 Å². The Hall–Kier alpha value is -1.10. The predicted molar refractivity (Wildman–Crippen MR) is 59.0 cm³/mol. The lowest BCUT2D eigenvalue weighted by atomic mass is 10.3. The lowest BCUT2D eigenvalue weighted by Crippen LogP contribution is -2.32. The first-order chi connectivity index (χ1) is 6.50. The minimum absolute atomic E-state index is 0.403. The minimum atomic E-state index is -0.429. The number of aromatic nitrogens is 1. The van der Waals surface area contributed by atoms with E-state index in [0.717, 1.165) is 10.0 Å². The molecule has 3 N–H and O–H groups in total. The number of halogens is 1. The van der Waals surface area contributed by atoms with Crippen molar-refractivity contribution in [2.45, 2.75) is 19.9 Å². The molecule has 0 radical (unpaired) electrons. The number of amides is 1. The van der Waals surface area contributed by atoms with E-state index in [4.69, 9.17) is 5.73 Å². The number of nitrogens with zero attached hydrogens (tertiary/aromatic N) is 1. The molecular weight excluding hydrogens is 246 g/mol. The molecule has 0 fully saturated rings. The molecule has 0 saturated carbocycles. The smallest absolute Gasteiger partial charge is 0.239 e. The van der Waals surface area contributed by atoms with Crippen molar-refractivity contribution in [2.24, 2.45) is 5.73 Å². The van der Waals surface area contributed by atoms with Crippen LogP contribution in [0, 0.1) is 6.92 Å². The normalized spacial score (nSPS) is 12.2. The summed E-state index contributed by atoms with van der Waals surface area (Å²) >= 11 is 3.35. The Morgan fingerprint density at radius 2 is 2.36 bits per heavy atom. The van der Waals surface area contributed by atoms with Crippen molar-refractivity contribution < 1.29 is 4.79 Å². The number of carbonyl (C=O) groups excluding carboxylic acids is 1. The van der Waals surface area contributed by atoms with Crippen molar-refractivity contribution in [1.82, 2.24) is 4.98 Å². The van der Waals surface area contributed by atoms with Gasteiger partial charge in [0.1, 0.15) is 11.9 Å². The molecule has 5 heteroatoms. The Morgan fingerprint density at radius 1 is 1.71 bits per heavy atom. The van der Waals surface area contributed by atoms with Gasteiger partial charge < -0.3 is 11.1 Å². The van der Waals surface area contributed by atoms with Gasteiger partial charge in [0.25, 0.3) is 0 Å². The van der Waals surface area contributed by atoms with Gasteiger partial charge in [-0.05, 0) is 41.4 Å². The predicted octanol–water partition coefficient (Wildman–Crippen LogP) is 1.44. The van der Waals surface area contributed by atoms with E-state index in [2.05, 4.69) is 26.2 Å². The molecule has 1 rings (SSSR count). The van der Waals surface area contributed by atoms with Crippen molar-refractivity contribution in [3.05, 3.63) is 22.3 Å². The van der Waals surface area contributed by atoms with E-state index in [1.54, 1.807) is 13.1 Å². The number of nitrogens with one attached hydrogen (secondary N) is 1. The molecular formula is C9H12BrN3O. The van der Waals surface area contributed by atoms with Crippen LogP contribution >= 0.6 is 15.9 Å². The maximum Gasteiger partial charge on any atom is 0.239 e. The molecule has 0 spiro atoms. The Kier molecular flexibility index (Phi) is 3.46. The third-order valence-corrected chi connectivity index (χ3v) is 2.36. The highest BCUT2D eigenvalue weighted by atomic mass is 79.9. The molecule has 1 amide bonds. The van der Waals surface area contributed by atoms with E-state index >= 15 is 0 Å². The van der Waals surface area contributed by atoms with Gasteiger partial charge in [-0.15, -0.1) is 0 Å². The molecule has 1 heterocycles. The maximum atomic E-state index is 10.8. The number of pyridine rings is 1. The second-order valence-electron chi connectivity index (χ2n) is 3.11. The topological polar surface area (TPSA) is 68.0 Å². The second-order valence-corrected chi connectivity index (χ2v) is 3.97. The summed E-state index contributed by atoms with van der Waals surface area (Å²) in [6.07, 6.45) is 1.72. The van der Waals surface area contributed by atoms with Gasteiger partial charge in [-0.25, -0.2) is 4.98 Å². The minimum Gasteiger partial charge on any atom is -0.368 e. The fourth-order valence-electron chi connectivity index (χ4n) is 0.916. The molecule has 1 aromatic heterocycles. The Morgan fingerprint density at radius 3 is 2.86 bits per heavy atom. The molecule has 1 aromatic rings. The van der Waals surface area contributed by atoms with E-state index in [0.29, 0.717) is 5.82 Å². The van der Waals surface area contributed by atoms with Crippen LogP contribution in [0.3, 0.4) is 0 Å². The first kappa shape index (κ1) is 11.0. The highest BCUT2D eigenvalue weighted by Crippen LogP contribution is 2.20. The van der Waals surface area contributed by atoms with Gasteiger partial charge in [-0.1, -0.05) is 0 Å². The monoisotopic (exact) mass is 257 g/mol. The average Bonchev–Trinajstić information content (AvgIpc) is 2.09. The first-order valence-electron chi connectivity index (χ1n) is 4.18. The number of nitrogens with two attached hydrogens (primary N) is 1. The zero-order valence-corrected chi connectivity index (χ0v) is 9.63. The summed E-state index contributed by atoms with van der Waals surface area (Å²) in [7, 11) is 0. The number of anilines is 1. The van der Waals surface area contributed by atoms with Crippen LogP contribution in [0.4, 0.5) is 5.82 Å². The molecule has 0 aliphatic rings. The molecule has 76 valence electrons. The summed E-state index contributed by atoms with van der Waals surface area (Å²) in [5.41, 5.74) is 6.17. The zero-order chi connectivity index (χ0) is 10.7. The van der Waals surface area contributed by atoms with Crippen LogP contribution in [0.5, 0.6) is 0 Å². The van der Waals surface area contributed by atoms with E-state index in [1.165, 1.54) is 0 Å². The molecule has 0 aromatic carbocycles. The zero-order valence-electron chi connectivity index (χ0n) is 8.04. The number of hydrogen-bond acceptors (Lipinski definition) is 3. The number of rotatable bonds is 3. The average molecular weight is 258 g/mol. The quantitative estimate of drug-likeness (QED) is 0.861. The lowest BCUT2D eigenvalue weighted by Gasteiger charge is -2.12. The van der Waals surface area contributed by atoms with Crippen molar-refractivity contribution >= 4 is 27.7 Å². The summed E-state index contributed by atoms with van der Waals surface area (Å²) in [5.74, 6) is 0.223. The molecule has 0 aliphatic carbocycles.